The molecule has 0 saturated carbocycles. The summed E-state index contributed by atoms with van der Waals surface area (Å²) in [6, 6.07) is 8.88. The Balaban J connectivity index is 2.33. The van der Waals surface area contributed by atoms with E-state index in [9.17, 15) is 14.3 Å². The van der Waals surface area contributed by atoms with Crippen molar-refractivity contribution >= 4 is 43.5 Å². The molecule has 0 aliphatic rings. The van der Waals surface area contributed by atoms with Gasteiger partial charge in [-0.1, -0.05) is 28.1 Å². The number of hydrogen-bond donors (Lipinski definition) is 2. The van der Waals surface area contributed by atoms with Crippen LogP contribution in [0.1, 0.15) is 10.4 Å². The van der Waals surface area contributed by atoms with Gasteiger partial charge in [0.15, 0.2) is 0 Å². The highest BCUT2D eigenvalue weighted by Gasteiger charge is 2.16. The van der Waals surface area contributed by atoms with E-state index in [1.165, 1.54) is 24.3 Å². The summed E-state index contributed by atoms with van der Waals surface area (Å²) in [5.74, 6) is -1.33. The molecule has 1 amide bonds. The number of carbonyl (C=O) groups excluding carboxylic acids is 1. The zero-order valence-corrected chi connectivity index (χ0v) is 12.6. The molecule has 0 aromatic heterocycles. The maximum Gasteiger partial charge on any atom is 0.259 e. The molecule has 0 saturated heterocycles. The molecule has 0 aliphatic carbocycles. The lowest BCUT2D eigenvalue weighted by molar-refractivity contribution is 0.102. The van der Waals surface area contributed by atoms with Crippen molar-refractivity contribution in [1.29, 1.82) is 0 Å². The minimum Gasteiger partial charge on any atom is -0.506 e. The average molecular weight is 389 g/mol. The van der Waals surface area contributed by atoms with Crippen molar-refractivity contribution in [2.24, 2.45) is 0 Å². The minimum absolute atomic E-state index is 0.0458. The van der Waals surface area contributed by atoms with Gasteiger partial charge in [-0.3, -0.25) is 4.79 Å². The molecule has 0 bridgehead atoms. The molecule has 0 fully saturated rings. The number of nitrogens with one attached hydrogen (secondary N) is 1. The van der Waals surface area contributed by atoms with Crippen molar-refractivity contribution in [3.8, 4) is 5.75 Å². The lowest BCUT2D eigenvalue weighted by Crippen LogP contribution is -2.13. The number of halogens is 3. The Bertz CT molecular complexity index is 647. The predicted octanol–water partition coefficient (Wildman–Crippen LogP) is 4.31. The molecule has 2 aromatic rings. The van der Waals surface area contributed by atoms with Gasteiger partial charge in [0.2, 0.25) is 0 Å². The molecule has 98 valence electrons. The van der Waals surface area contributed by atoms with E-state index >= 15 is 0 Å². The Labute approximate surface area is 125 Å². The fraction of sp³-hybridized carbons (Fsp3) is 0. The van der Waals surface area contributed by atoms with Crippen molar-refractivity contribution < 1.29 is 14.3 Å². The fourth-order valence-electron chi connectivity index (χ4n) is 1.49. The first-order valence-corrected chi connectivity index (χ1v) is 6.81. The number of para-hydroxylation sites is 1. The molecule has 0 spiro atoms. The Morgan fingerprint density at radius 1 is 1.21 bits per heavy atom. The number of carbonyl (C=O) groups is 1. The van der Waals surface area contributed by atoms with Crippen molar-refractivity contribution in [2.75, 3.05) is 5.32 Å². The summed E-state index contributed by atoms with van der Waals surface area (Å²) in [6.45, 7) is 0. The molecule has 0 unspecified atom stereocenters. The molecule has 2 rings (SSSR count). The summed E-state index contributed by atoms with van der Waals surface area (Å²) >= 11 is 6.35. The van der Waals surface area contributed by atoms with E-state index in [1.807, 2.05) is 0 Å². The number of phenolic OH excluding ortho intramolecular Hbond substituents is 1. The number of amides is 1. The van der Waals surface area contributed by atoms with Crippen LogP contribution in [0.4, 0.5) is 10.1 Å². The van der Waals surface area contributed by atoms with Crippen LogP contribution in [0.15, 0.2) is 45.3 Å². The van der Waals surface area contributed by atoms with Crippen molar-refractivity contribution in [2.45, 2.75) is 0 Å². The Kier molecular flexibility index (Phi) is 4.21. The van der Waals surface area contributed by atoms with Gasteiger partial charge in [-0.15, -0.1) is 0 Å². The van der Waals surface area contributed by atoms with E-state index in [4.69, 9.17) is 0 Å². The molecule has 0 aliphatic heterocycles. The summed E-state index contributed by atoms with van der Waals surface area (Å²) in [5.41, 5.74) is 0.104. The van der Waals surface area contributed by atoms with Crippen LogP contribution in [-0.4, -0.2) is 11.0 Å². The number of rotatable bonds is 2. The lowest BCUT2D eigenvalue weighted by Gasteiger charge is -2.09. The van der Waals surface area contributed by atoms with Crippen LogP contribution in [0.2, 0.25) is 0 Å². The van der Waals surface area contributed by atoms with Crippen LogP contribution >= 0.6 is 31.9 Å². The lowest BCUT2D eigenvalue weighted by atomic mass is 10.2. The van der Waals surface area contributed by atoms with E-state index in [0.29, 0.717) is 8.95 Å². The van der Waals surface area contributed by atoms with Gasteiger partial charge in [0.25, 0.3) is 5.91 Å². The van der Waals surface area contributed by atoms with E-state index in [0.717, 1.165) is 0 Å². The maximum atomic E-state index is 13.4. The molecule has 3 nitrogen and oxygen atoms in total. The number of aromatic hydroxyl groups is 1. The standard InChI is InChI=1S/C13H8Br2FNO2/c14-7-5-8(12(18)9(15)6-7)13(19)17-11-4-2-1-3-10(11)16/h1-6,18H,(H,17,19). The van der Waals surface area contributed by atoms with Crippen molar-refractivity contribution in [3.63, 3.8) is 0 Å². The third-order valence-electron chi connectivity index (χ3n) is 2.39. The smallest absolute Gasteiger partial charge is 0.259 e. The SMILES string of the molecule is O=C(Nc1ccccc1F)c1cc(Br)cc(Br)c1O. The Morgan fingerprint density at radius 3 is 2.58 bits per heavy atom. The van der Waals surface area contributed by atoms with Gasteiger partial charge in [-0.05, 0) is 40.2 Å². The summed E-state index contributed by atoms with van der Waals surface area (Å²) in [5, 5.41) is 12.2. The Morgan fingerprint density at radius 2 is 1.89 bits per heavy atom. The average Bonchev–Trinajstić information content (AvgIpc) is 2.36. The van der Waals surface area contributed by atoms with Gasteiger partial charge >= 0.3 is 0 Å². The fourth-order valence-corrected chi connectivity index (χ4v) is 2.72. The Hall–Kier alpha value is -1.40. The van der Waals surface area contributed by atoms with E-state index < -0.39 is 11.7 Å². The zero-order valence-electron chi connectivity index (χ0n) is 9.45. The quantitative estimate of drug-likeness (QED) is 0.805. The third-order valence-corrected chi connectivity index (χ3v) is 3.46. The number of phenols is 1. The molecule has 2 N–H and O–H groups in total. The summed E-state index contributed by atoms with van der Waals surface area (Å²) in [4.78, 5) is 12.0. The third kappa shape index (κ3) is 3.13. The number of benzene rings is 2. The summed E-state index contributed by atoms with van der Waals surface area (Å²) in [7, 11) is 0. The van der Waals surface area contributed by atoms with Crippen molar-refractivity contribution in [1.82, 2.24) is 0 Å². The highest BCUT2D eigenvalue weighted by Crippen LogP contribution is 2.32. The van der Waals surface area contributed by atoms with Crippen LogP contribution in [-0.2, 0) is 0 Å². The largest absolute Gasteiger partial charge is 0.506 e. The number of anilines is 1. The highest BCUT2D eigenvalue weighted by atomic mass is 79.9. The van der Waals surface area contributed by atoms with Gasteiger partial charge in [0, 0.05) is 4.47 Å². The molecule has 19 heavy (non-hydrogen) atoms. The van der Waals surface area contributed by atoms with Gasteiger partial charge < -0.3 is 10.4 Å². The monoisotopic (exact) mass is 387 g/mol. The van der Waals surface area contributed by atoms with Gasteiger partial charge in [0.05, 0.1) is 15.7 Å². The first kappa shape index (κ1) is 14.0. The molecule has 0 heterocycles. The van der Waals surface area contributed by atoms with Crippen LogP contribution in [0.5, 0.6) is 5.75 Å². The molecule has 0 radical (unpaired) electrons. The molecule has 2 aromatic carbocycles. The maximum absolute atomic E-state index is 13.4. The van der Waals surface area contributed by atoms with E-state index in [2.05, 4.69) is 37.2 Å². The second kappa shape index (κ2) is 5.71. The van der Waals surface area contributed by atoms with Crippen LogP contribution in [0, 0.1) is 5.82 Å². The van der Waals surface area contributed by atoms with Crippen LogP contribution < -0.4 is 5.32 Å². The minimum atomic E-state index is -0.593. The summed E-state index contributed by atoms with van der Waals surface area (Å²) in [6.07, 6.45) is 0. The highest BCUT2D eigenvalue weighted by molar-refractivity contribution is 9.11. The molecular formula is C13H8Br2FNO2. The van der Waals surface area contributed by atoms with Gasteiger partial charge in [-0.2, -0.15) is 0 Å². The predicted molar refractivity (Wildman–Crippen MR) is 77.9 cm³/mol. The summed E-state index contributed by atoms with van der Waals surface area (Å²) < 4.78 is 14.4. The second-order valence-electron chi connectivity index (χ2n) is 3.72. The second-order valence-corrected chi connectivity index (χ2v) is 5.49. The van der Waals surface area contributed by atoms with Crippen LogP contribution in [0.3, 0.4) is 0 Å². The zero-order chi connectivity index (χ0) is 14.0. The van der Waals surface area contributed by atoms with E-state index in [1.54, 1.807) is 12.1 Å². The molecule has 6 heteroatoms. The van der Waals surface area contributed by atoms with Gasteiger partial charge in [-0.25, -0.2) is 4.39 Å². The van der Waals surface area contributed by atoms with E-state index in [-0.39, 0.29) is 17.0 Å². The topological polar surface area (TPSA) is 49.3 Å². The van der Waals surface area contributed by atoms with Crippen molar-refractivity contribution in [3.05, 3.63) is 56.7 Å². The molecular weight excluding hydrogens is 381 g/mol. The van der Waals surface area contributed by atoms with Crippen LogP contribution in [0.25, 0.3) is 0 Å². The first-order valence-electron chi connectivity index (χ1n) is 5.23. The van der Waals surface area contributed by atoms with Gasteiger partial charge in [0.1, 0.15) is 11.6 Å². The molecule has 0 atom stereocenters. The first-order chi connectivity index (χ1) is 8.99. The normalized spacial score (nSPS) is 10.3. The number of hydrogen-bond acceptors (Lipinski definition) is 2.